The summed E-state index contributed by atoms with van der Waals surface area (Å²) in [5, 5.41) is 10.1. The van der Waals surface area contributed by atoms with Crippen LogP contribution in [0.5, 0.6) is 0 Å². The van der Waals surface area contributed by atoms with Crippen molar-refractivity contribution in [1.82, 2.24) is 4.98 Å². The Labute approximate surface area is 129 Å². The van der Waals surface area contributed by atoms with Crippen LogP contribution in [-0.2, 0) is 12.8 Å². The predicted molar refractivity (Wildman–Crippen MR) is 86.4 cm³/mol. The van der Waals surface area contributed by atoms with E-state index < -0.39 is 5.97 Å². The van der Waals surface area contributed by atoms with Crippen molar-refractivity contribution in [2.45, 2.75) is 46.0 Å². The number of thiazole rings is 1. The highest BCUT2D eigenvalue weighted by molar-refractivity contribution is 7.13. The highest BCUT2D eigenvalue weighted by atomic mass is 32.1. The third kappa shape index (κ3) is 3.91. The summed E-state index contributed by atoms with van der Waals surface area (Å²) in [5.74, 6) is -0.342. The predicted octanol–water partition coefficient (Wildman–Crippen LogP) is 4.51. The van der Waals surface area contributed by atoms with Crippen molar-refractivity contribution in [3.05, 3.63) is 51.0 Å². The van der Waals surface area contributed by atoms with Crippen molar-refractivity contribution in [3.63, 3.8) is 0 Å². The van der Waals surface area contributed by atoms with Crippen molar-refractivity contribution in [2.24, 2.45) is 0 Å². The van der Waals surface area contributed by atoms with Crippen LogP contribution in [0.4, 0.5) is 0 Å². The standard InChI is InChI=1S/C17H21NO2S/c1-4-5-14-16(17(19)20)21-15(18-14)10-12-6-8-13(9-7-12)11(2)3/h6-9,11H,4-5,10H2,1-3H3,(H,19,20). The average molecular weight is 303 g/mol. The smallest absolute Gasteiger partial charge is 0.347 e. The number of rotatable bonds is 6. The quantitative estimate of drug-likeness (QED) is 0.854. The van der Waals surface area contributed by atoms with Crippen LogP contribution in [0.15, 0.2) is 24.3 Å². The minimum absolute atomic E-state index is 0.394. The lowest BCUT2D eigenvalue weighted by atomic mass is 10.0. The van der Waals surface area contributed by atoms with E-state index in [1.807, 2.05) is 6.92 Å². The first-order chi connectivity index (χ1) is 10.0. The molecule has 2 aromatic rings. The highest BCUT2D eigenvalue weighted by Crippen LogP contribution is 2.23. The second-order valence-electron chi connectivity index (χ2n) is 5.51. The van der Waals surface area contributed by atoms with Crippen LogP contribution in [0.25, 0.3) is 0 Å². The van der Waals surface area contributed by atoms with Gasteiger partial charge >= 0.3 is 5.97 Å². The van der Waals surface area contributed by atoms with E-state index in [9.17, 15) is 9.90 Å². The van der Waals surface area contributed by atoms with Crippen molar-refractivity contribution in [1.29, 1.82) is 0 Å². The average Bonchev–Trinajstić information content (AvgIpc) is 2.83. The molecule has 0 saturated carbocycles. The zero-order valence-electron chi connectivity index (χ0n) is 12.7. The summed E-state index contributed by atoms with van der Waals surface area (Å²) in [4.78, 5) is 16.2. The molecule has 0 radical (unpaired) electrons. The van der Waals surface area contributed by atoms with Gasteiger partial charge in [0.25, 0.3) is 0 Å². The van der Waals surface area contributed by atoms with Crippen LogP contribution < -0.4 is 0 Å². The van der Waals surface area contributed by atoms with Crippen molar-refractivity contribution in [3.8, 4) is 0 Å². The first kappa shape index (κ1) is 15.7. The largest absolute Gasteiger partial charge is 0.477 e. The Morgan fingerprint density at radius 1 is 1.29 bits per heavy atom. The number of benzene rings is 1. The van der Waals surface area contributed by atoms with Gasteiger partial charge in [0.15, 0.2) is 0 Å². The Kier molecular flexibility index (Phi) is 5.12. The molecule has 0 aliphatic rings. The molecule has 1 aromatic heterocycles. The molecule has 0 saturated heterocycles. The number of aromatic nitrogens is 1. The fourth-order valence-electron chi connectivity index (χ4n) is 2.24. The number of carbonyl (C=O) groups is 1. The summed E-state index contributed by atoms with van der Waals surface area (Å²) in [7, 11) is 0. The van der Waals surface area contributed by atoms with Crippen LogP contribution in [0, 0.1) is 0 Å². The van der Waals surface area contributed by atoms with E-state index in [0.29, 0.717) is 17.2 Å². The lowest BCUT2D eigenvalue weighted by Gasteiger charge is -2.05. The van der Waals surface area contributed by atoms with Crippen molar-refractivity contribution >= 4 is 17.3 Å². The van der Waals surface area contributed by atoms with Crippen LogP contribution in [0.1, 0.15) is 64.6 Å². The molecular weight excluding hydrogens is 282 g/mol. The molecule has 1 N–H and O–H groups in total. The molecular formula is C17H21NO2S. The minimum Gasteiger partial charge on any atom is -0.477 e. The van der Waals surface area contributed by atoms with Gasteiger partial charge in [0.2, 0.25) is 0 Å². The normalized spacial score (nSPS) is 11.0. The second kappa shape index (κ2) is 6.85. The number of aryl methyl sites for hydroxylation is 1. The lowest BCUT2D eigenvalue weighted by molar-refractivity contribution is 0.0700. The van der Waals surface area contributed by atoms with Gasteiger partial charge in [-0.25, -0.2) is 9.78 Å². The number of hydrogen-bond acceptors (Lipinski definition) is 3. The van der Waals surface area contributed by atoms with Gasteiger partial charge in [0, 0.05) is 6.42 Å². The molecule has 0 amide bonds. The van der Waals surface area contributed by atoms with Gasteiger partial charge in [0.1, 0.15) is 4.88 Å². The number of carboxylic acids is 1. The van der Waals surface area contributed by atoms with Gasteiger partial charge in [-0.15, -0.1) is 11.3 Å². The Morgan fingerprint density at radius 3 is 2.48 bits per heavy atom. The third-order valence-electron chi connectivity index (χ3n) is 3.42. The van der Waals surface area contributed by atoms with Crippen molar-refractivity contribution < 1.29 is 9.90 Å². The lowest BCUT2D eigenvalue weighted by Crippen LogP contribution is -1.98. The molecule has 0 atom stereocenters. The van der Waals surface area contributed by atoms with E-state index in [-0.39, 0.29) is 0 Å². The van der Waals surface area contributed by atoms with E-state index in [1.54, 1.807) is 0 Å². The van der Waals surface area contributed by atoms with Crippen LogP contribution in [0.3, 0.4) is 0 Å². The van der Waals surface area contributed by atoms with Gasteiger partial charge in [-0.3, -0.25) is 0 Å². The Morgan fingerprint density at radius 2 is 1.95 bits per heavy atom. The Bertz CT molecular complexity index is 614. The molecule has 1 heterocycles. The first-order valence-corrected chi connectivity index (χ1v) is 8.13. The third-order valence-corrected chi connectivity index (χ3v) is 4.51. The number of hydrogen-bond donors (Lipinski definition) is 1. The van der Waals surface area contributed by atoms with E-state index >= 15 is 0 Å². The summed E-state index contributed by atoms with van der Waals surface area (Å²) < 4.78 is 0. The Hall–Kier alpha value is -1.68. The summed E-state index contributed by atoms with van der Waals surface area (Å²) in [5.41, 5.74) is 3.22. The molecule has 21 heavy (non-hydrogen) atoms. The summed E-state index contributed by atoms with van der Waals surface area (Å²) >= 11 is 1.30. The maximum atomic E-state index is 11.3. The molecule has 0 spiro atoms. The SMILES string of the molecule is CCCc1nc(Cc2ccc(C(C)C)cc2)sc1C(=O)O. The zero-order chi connectivity index (χ0) is 15.4. The van der Waals surface area contributed by atoms with E-state index in [0.717, 1.165) is 23.5 Å². The van der Waals surface area contributed by atoms with Crippen LogP contribution in [0.2, 0.25) is 0 Å². The molecule has 2 rings (SSSR count). The first-order valence-electron chi connectivity index (χ1n) is 7.32. The van der Waals surface area contributed by atoms with Gasteiger partial charge in [0.05, 0.1) is 10.7 Å². The molecule has 4 heteroatoms. The van der Waals surface area contributed by atoms with E-state index in [2.05, 4.69) is 43.1 Å². The van der Waals surface area contributed by atoms with Crippen LogP contribution >= 0.6 is 11.3 Å². The van der Waals surface area contributed by atoms with E-state index in [1.165, 1.54) is 22.5 Å². The molecule has 0 bridgehead atoms. The molecule has 3 nitrogen and oxygen atoms in total. The monoisotopic (exact) mass is 303 g/mol. The molecule has 0 aliphatic heterocycles. The van der Waals surface area contributed by atoms with Gasteiger partial charge in [-0.2, -0.15) is 0 Å². The van der Waals surface area contributed by atoms with E-state index in [4.69, 9.17) is 0 Å². The maximum absolute atomic E-state index is 11.3. The number of carboxylic acid groups (broad SMARTS) is 1. The summed E-state index contributed by atoms with van der Waals surface area (Å²) in [6.07, 6.45) is 2.34. The molecule has 1 aromatic carbocycles. The molecule has 0 fully saturated rings. The molecule has 112 valence electrons. The fraction of sp³-hybridized carbons (Fsp3) is 0.412. The summed E-state index contributed by atoms with van der Waals surface area (Å²) in [6.45, 7) is 6.38. The summed E-state index contributed by atoms with van der Waals surface area (Å²) in [6, 6.07) is 8.49. The Balaban J connectivity index is 2.19. The topological polar surface area (TPSA) is 50.2 Å². The van der Waals surface area contributed by atoms with Crippen LogP contribution in [-0.4, -0.2) is 16.1 Å². The van der Waals surface area contributed by atoms with Gasteiger partial charge in [-0.1, -0.05) is 51.5 Å². The fourth-order valence-corrected chi connectivity index (χ4v) is 3.23. The van der Waals surface area contributed by atoms with Gasteiger partial charge < -0.3 is 5.11 Å². The second-order valence-corrected chi connectivity index (χ2v) is 6.60. The molecule has 0 unspecified atom stereocenters. The maximum Gasteiger partial charge on any atom is 0.347 e. The number of aromatic carboxylic acids is 1. The van der Waals surface area contributed by atoms with Crippen molar-refractivity contribution in [2.75, 3.05) is 0 Å². The molecule has 0 aliphatic carbocycles. The highest BCUT2D eigenvalue weighted by Gasteiger charge is 2.16. The van der Waals surface area contributed by atoms with Gasteiger partial charge in [-0.05, 0) is 23.5 Å². The number of nitrogens with zero attached hydrogens (tertiary/aromatic N) is 1. The zero-order valence-corrected chi connectivity index (χ0v) is 13.5. The minimum atomic E-state index is -0.864.